The van der Waals surface area contributed by atoms with Crippen molar-refractivity contribution in [1.82, 2.24) is 9.97 Å². The fourth-order valence-corrected chi connectivity index (χ4v) is 5.58. The van der Waals surface area contributed by atoms with Gasteiger partial charge in [0.15, 0.2) is 0 Å². The molecule has 5 nitrogen and oxygen atoms in total. The maximum Gasteiger partial charge on any atom is 0.277 e. The van der Waals surface area contributed by atoms with E-state index in [1.807, 2.05) is 6.07 Å². The Hall–Kier alpha value is -2.16. The van der Waals surface area contributed by atoms with Gasteiger partial charge in [-0.05, 0) is 24.3 Å². The first-order chi connectivity index (χ1) is 13.0. The van der Waals surface area contributed by atoms with Gasteiger partial charge in [0.2, 0.25) is 5.88 Å². The highest BCUT2D eigenvalue weighted by Gasteiger charge is 2.59. The Balaban J connectivity index is 1.69. The SMILES string of the molecule is COc1ccc2c(n1)C1(F)C(=O)N(Cc3ccc(Cl)s3)c3nccc(c31)S2. The van der Waals surface area contributed by atoms with Crippen LogP contribution in [0.3, 0.4) is 0 Å². The summed E-state index contributed by atoms with van der Waals surface area (Å²) < 4.78 is 22.2. The number of pyridine rings is 2. The lowest BCUT2D eigenvalue weighted by Crippen LogP contribution is -2.39. The van der Waals surface area contributed by atoms with E-state index in [1.165, 1.54) is 35.1 Å². The summed E-state index contributed by atoms with van der Waals surface area (Å²) in [5.74, 6) is -0.104. The Morgan fingerprint density at radius 3 is 2.85 bits per heavy atom. The molecule has 0 bridgehead atoms. The largest absolute Gasteiger partial charge is 0.481 e. The number of thiophene rings is 1. The second-order valence-corrected chi connectivity index (χ2v) is 8.95. The highest BCUT2D eigenvalue weighted by atomic mass is 35.5. The van der Waals surface area contributed by atoms with Crippen LogP contribution >= 0.6 is 34.7 Å². The second kappa shape index (κ2) is 5.92. The van der Waals surface area contributed by atoms with Gasteiger partial charge in [0.05, 0.1) is 23.6 Å². The molecule has 0 radical (unpaired) electrons. The van der Waals surface area contributed by atoms with Gasteiger partial charge >= 0.3 is 0 Å². The summed E-state index contributed by atoms with van der Waals surface area (Å²) in [5, 5.41) is 0. The summed E-state index contributed by atoms with van der Waals surface area (Å²) in [4.78, 5) is 25.3. The van der Waals surface area contributed by atoms with Crippen molar-refractivity contribution in [2.45, 2.75) is 22.0 Å². The highest BCUT2D eigenvalue weighted by Crippen LogP contribution is 2.57. The van der Waals surface area contributed by atoms with Crippen molar-refractivity contribution < 1.29 is 13.9 Å². The van der Waals surface area contributed by atoms with Crippen LogP contribution in [0.2, 0.25) is 4.34 Å². The third-order valence-corrected chi connectivity index (χ3v) is 6.89. The van der Waals surface area contributed by atoms with Gasteiger partial charge in [-0.1, -0.05) is 23.4 Å². The highest BCUT2D eigenvalue weighted by molar-refractivity contribution is 7.99. The summed E-state index contributed by atoms with van der Waals surface area (Å²) >= 11 is 8.73. The molecule has 1 unspecified atom stereocenters. The normalized spacial score (nSPS) is 19.8. The van der Waals surface area contributed by atoms with Crippen molar-refractivity contribution in [2.24, 2.45) is 0 Å². The lowest BCUT2D eigenvalue weighted by Gasteiger charge is -2.26. The number of halogens is 2. The third-order valence-electron chi connectivity index (χ3n) is 4.56. The Morgan fingerprint density at radius 1 is 1.26 bits per heavy atom. The Bertz CT molecular complexity index is 1110. The van der Waals surface area contributed by atoms with E-state index in [0.29, 0.717) is 19.9 Å². The summed E-state index contributed by atoms with van der Waals surface area (Å²) in [5.41, 5.74) is -2.06. The van der Waals surface area contributed by atoms with Crippen molar-refractivity contribution >= 4 is 46.4 Å². The maximum absolute atomic E-state index is 16.4. The first-order valence-electron chi connectivity index (χ1n) is 8.00. The van der Waals surface area contributed by atoms with Crippen LogP contribution in [0.15, 0.2) is 46.3 Å². The van der Waals surface area contributed by atoms with Crippen molar-refractivity contribution in [3.05, 3.63) is 57.0 Å². The minimum absolute atomic E-state index is 0.0605. The maximum atomic E-state index is 16.4. The fourth-order valence-electron chi connectivity index (χ4n) is 3.38. The quantitative estimate of drug-likeness (QED) is 0.628. The summed E-state index contributed by atoms with van der Waals surface area (Å²) in [7, 11) is 1.46. The first-order valence-corrected chi connectivity index (χ1v) is 10.0. The molecule has 27 heavy (non-hydrogen) atoms. The van der Waals surface area contributed by atoms with Gasteiger partial charge in [0, 0.05) is 26.9 Å². The minimum Gasteiger partial charge on any atom is -0.481 e. The van der Waals surface area contributed by atoms with Gasteiger partial charge in [-0.3, -0.25) is 9.69 Å². The van der Waals surface area contributed by atoms with Crippen LogP contribution < -0.4 is 9.64 Å². The van der Waals surface area contributed by atoms with Crippen molar-refractivity contribution in [2.75, 3.05) is 12.0 Å². The van der Waals surface area contributed by atoms with Crippen LogP contribution in [0.25, 0.3) is 0 Å². The Morgan fingerprint density at radius 2 is 2.11 bits per heavy atom. The molecule has 5 heterocycles. The molecule has 0 fully saturated rings. The van der Waals surface area contributed by atoms with E-state index in [-0.39, 0.29) is 23.7 Å². The van der Waals surface area contributed by atoms with Crippen molar-refractivity contribution in [1.29, 1.82) is 0 Å². The predicted octanol–water partition coefficient (Wildman–Crippen LogP) is 4.42. The zero-order chi connectivity index (χ0) is 18.8. The van der Waals surface area contributed by atoms with Crippen molar-refractivity contribution in [3.8, 4) is 5.88 Å². The number of aromatic nitrogens is 2. The fraction of sp³-hybridized carbons (Fsp3) is 0.167. The number of ether oxygens (including phenoxy) is 1. The zero-order valence-corrected chi connectivity index (χ0v) is 16.3. The molecule has 2 aliphatic heterocycles. The number of hydrogen-bond donors (Lipinski definition) is 0. The molecule has 0 aromatic carbocycles. The van der Waals surface area contributed by atoms with E-state index in [1.54, 1.807) is 30.5 Å². The molecule has 5 rings (SSSR count). The van der Waals surface area contributed by atoms with E-state index in [9.17, 15) is 4.79 Å². The van der Waals surface area contributed by atoms with E-state index in [2.05, 4.69) is 9.97 Å². The number of amides is 1. The summed E-state index contributed by atoms with van der Waals surface area (Å²) in [6, 6.07) is 8.69. The number of hydrogen-bond acceptors (Lipinski definition) is 6. The molecule has 0 saturated carbocycles. The van der Waals surface area contributed by atoms with Crippen LogP contribution in [0.1, 0.15) is 16.1 Å². The number of nitrogens with zero attached hydrogens (tertiary/aromatic N) is 3. The van der Waals surface area contributed by atoms with Gasteiger partial charge in [0.1, 0.15) is 11.5 Å². The standard InChI is InChI=1S/C18H11ClFN3O2S2/c1-25-13-5-3-11-15(22-13)18(20)14-10(27-11)6-7-21-16(14)23(17(18)24)8-9-2-4-12(19)26-9/h2-7H,8H2,1H3. The molecule has 2 aliphatic rings. The van der Waals surface area contributed by atoms with Crippen LogP contribution in [0.5, 0.6) is 5.88 Å². The van der Waals surface area contributed by atoms with Gasteiger partial charge < -0.3 is 4.74 Å². The third kappa shape index (κ3) is 2.33. The molecule has 1 amide bonds. The number of rotatable bonds is 3. The first kappa shape index (κ1) is 17.0. The van der Waals surface area contributed by atoms with Crippen LogP contribution in [0, 0.1) is 0 Å². The smallest absolute Gasteiger partial charge is 0.277 e. The molecule has 0 aliphatic carbocycles. The second-order valence-electron chi connectivity index (χ2n) is 6.07. The summed E-state index contributed by atoms with van der Waals surface area (Å²) in [6.07, 6.45) is 1.59. The number of alkyl halides is 1. The van der Waals surface area contributed by atoms with Crippen LogP contribution in [-0.2, 0) is 17.0 Å². The summed E-state index contributed by atoms with van der Waals surface area (Å²) in [6.45, 7) is 0.204. The van der Waals surface area contributed by atoms with Gasteiger partial charge in [-0.2, -0.15) is 0 Å². The molecule has 0 N–H and O–H groups in total. The molecule has 1 atom stereocenters. The van der Waals surface area contributed by atoms with E-state index in [0.717, 1.165) is 4.88 Å². The molecule has 0 saturated heterocycles. The Labute approximate surface area is 167 Å². The average Bonchev–Trinajstić information content (AvgIpc) is 3.18. The lowest BCUT2D eigenvalue weighted by atomic mass is 9.93. The minimum atomic E-state index is -2.38. The van der Waals surface area contributed by atoms with Gasteiger partial charge in [-0.25, -0.2) is 14.4 Å². The topological polar surface area (TPSA) is 55.3 Å². The molecule has 136 valence electrons. The number of fused-ring (bicyclic) bond motifs is 2. The number of carbonyl (C=O) groups is 1. The van der Waals surface area contributed by atoms with Crippen molar-refractivity contribution in [3.63, 3.8) is 0 Å². The van der Waals surface area contributed by atoms with E-state index >= 15 is 4.39 Å². The number of methoxy groups -OCH3 is 1. The van der Waals surface area contributed by atoms with Gasteiger partial charge in [0.25, 0.3) is 11.6 Å². The lowest BCUT2D eigenvalue weighted by molar-refractivity contribution is -0.127. The molecule has 0 spiro atoms. The zero-order valence-electron chi connectivity index (χ0n) is 13.9. The van der Waals surface area contributed by atoms with Crippen LogP contribution in [-0.4, -0.2) is 23.0 Å². The molecule has 9 heteroatoms. The van der Waals surface area contributed by atoms with Crippen LogP contribution in [0.4, 0.5) is 10.2 Å². The predicted molar refractivity (Wildman–Crippen MR) is 102 cm³/mol. The molecular weight excluding hydrogens is 409 g/mol. The molecular formula is C18H11ClFN3O2S2. The van der Waals surface area contributed by atoms with Gasteiger partial charge in [-0.15, -0.1) is 11.3 Å². The molecule has 3 aromatic rings. The average molecular weight is 420 g/mol. The van der Waals surface area contributed by atoms with E-state index in [4.69, 9.17) is 16.3 Å². The Kier molecular flexibility index (Phi) is 3.72. The number of carbonyl (C=O) groups excluding carboxylic acids is 1. The van der Waals surface area contributed by atoms with E-state index < -0.39 is 11.6 Å². The molecule has 3 aromatic heterocycles. The number of anilines is 1. The monoisotopic (exact) mass is 419 g/mol.